The van der Waals surface area contributed by atoms with Gasteiger partial charge in [0.25, 0.3) is 0 Å². The Morgan fingerprint density at radius 1 is 1.54 bits per heavy atom. The van der Waals surface area contributed by atoms with E-state index in [1.54, 1.807) is 0 Å². The minimum absolute atomic E-state index is 0.0421. The molecule has 4 nitrogen and oxygen atoms in total. The first kappa shape index (κ1) is 8.12. The van der Waals surface area contributed by atoms with E-state index in [4.69, 9.17) is 5.11 Å². The Balaban J connectivity index is 2.54. The van der Waals surface area contributed by atoms with E-state index < -0.39 is 5.97 Å². The Hall–Kier alpha value is -1.49. The quantitative estimate of drug-likeness (QED) is 0.783. The third-order valence-electron chi connectivity index (χ3n) is 1.64. The summed E-state index contributed by atoms with van der Waals surface area (Å²) in [5.41, 5.74) is 1.41. The Morgan fingerprint density at radius 2 is 2.38 bits per heavy atom. The molecule has 0 aliphatic heterocycles. The first-order valence-corrected chi connectivity index (χ1v) is 4.54. The van der Waals surface area contributed by atoms with Crippen LogP contribution in [0.5, 0.6) is 0 Å². The highest BCUT2D eigenvalue weighted by molar-refractivity contribution is 7.17. The number of nitrogens with zero attached hydrogens (tertiary/aromatic N) is 2. The summed E-state index contributed by atoms with van der Waals surface area (Å²) in [6.07, 6.45) is 1.35. The number of carboxylic acids is 1. The number of thiophene rings is 1. The zero-order chi connectivity index (χ0) is 9.26. The molecule has 2 heterocycles. The van der Waals surface area contributed by atoms with Crippen LogP contribution in [0, 0.1) is 0 Å². The van der Waals surface area contributed by atoms with Crippen molar-refractivity contribution in [3.8, 4) is 0 Å². The SMILES string of the molecule is O=C(O)Cc1ncnc2ccsc12. The molecule has 0 bridgehead atoms. The molecule has 2 aromatic heterocycles. The van der Waals surface area contributed by atoms with Crippen LogP contribution in [0.3, 0.4) is 0 Å². The number of hydrogen-bond acceptors (Lipinski definition) is 4. The molecule has 0 aromatic carbocycles. The molecule has 0 spiro atoms. The molecule has 0 saturated heterocycles. The molecule has 0 amide bonds. The van der Waals surface area contributed by atoms with Gasteiger partial charge in [-0.25, -0.2) is 9.97 Å². The van der Waals surface area contributed by atoms with Crippen molar-refractivity contribution in [2.45, 2.75) is 6.42 Å². The van der Waals surface area contributed by atoms with Crippen molar-refractivity contribution in [3.63, 3.8) is 0 Å². The molecular formula is C8H6N2O2S. The van der Waals surface area contributed by atoms with Crippen molar-refractivity contribution in [1.29, 1.82) is 0 Å². The number of carbonyl (C=O) groups is 1. The molecule has 0 saturated carbocycles. The zero-order valence-electron chi connectivity index (χ0n) is 6.60. The molecule has 1 N–H and O–H groups in total. The lowest BCUT2D eigenvalue weighted by atomic mass is 10.3. The van der Waals surface area contributed by atoms with Gasteiger partial charge in [0, 0.05) is 0 Å². The predicted molar refractivity (Wildman–Crippen MR) is 48.8 cm³/mol. The third-order valence-corrected chi connectivity index (χ3v) is 2.59. The molecular weight excluding hydrogens is 188 g/mol. The topological polar surface area (TPSA) is 63.1 Å². The monoisotopic (exact) mass is 194 g/mol. The van der Waals surface area contributed by atoms with E-state index in [-0.39, 0.29) is 6.42 Å². The standard InChI is InChI=1S/C8H6N2O2S/c11-7(12)3-6-8-5(1-2-13-8)9-4-10-6/h1-2,4H,3H2,(H,11,12). The van der Waals surface area contributed by atoms with Crippen LogP contribution >= 0.6 is 11.3 Å². The van der Waals surface area contributed by atoms with E-state index in [0.29, 0.717) is 5.69 Å². The maximum Gasteiger partial charge on any atom is 0.309 e. The first-order valence-electron chi connectivity index (χ1n) is 3.66. The normalized spacial score (nSPS) is 10.5. The zero-order valence-corrected chi connectivity index (χ0v) is 7.41. The Kier molecular flexibility index (Phi) is 1.94. The molecule has 0 aliphatic carbocycles. The van der Waals surface area contributed by atoms with Gasteiger partial charge in [0.1, 0.15) is 6.33 Å². The Labute approximate surface area is 77.9 Å². The van der Waals surface area contributed by atoms with E-state index in [2.05, 4.69) is 9.97 Å². The van der Waals surface area contributed by atoms with E-state index in [0.717, 1.165) is 10.2 Å². The van der Waals surface area contributed by atoms with Crippen LogP contribution in [-0.2, 0) is 11.2 Å². The fourth-order valence-corrected chi connectivity index (χ4v) is 1.94. The van der Waals surface area contributed by atoms with Crippen molar-refractivity contribution in [2.75, 3.05) is 0 Å². The van der Waals surface area contributed by atoms with Gasteiger partial charge in [-0.3, -0.25) is 4.79 Å². The molecule has 0 radical (unpaired) electrons. The van der Waals surface area contributed by atoms with E-state index >= 15 is 0 Å². The molecule has 66 valence electrons. The van der Waals surface area contributed by atoms with Gasteiger partial charge in [-0.05, 0) is 11.4 Å². The predicted octanol–water partition coefficient (Wildman–Crippen LogP) is 1.32. The number of aromatic nitrogens is 2. The highest BCUT2D eigenvalue weighted by Gasteiger charge is 2.07. The lowest BCUT2D eigenvalue weighted by Crippen LogP contribution is -2.02. The van der Waals surface area contributed by atoms with Gasteiger partial charge in [0.15, 0.2) is 0 Å². The van der Waals surface area contributed by atoms with E-state index in [1.165, 1.54) is 17.7 Å². The van der Waals surface area contributed by atoms with Gasteiger partial charge < -0.3 is 5.11 Å². The average molecular weight is 194 g/mol. The molecule has 0 aliphatic rings. The minimum atomic E-state index is -0.867. The van der Waals surface area contributed by atoms with Crippen LogP contribution in [0.4, 0.5) is 0 Å². The van der Waals surface area contributed by atoms with Crippen molar-refractivity contribution < 1.29 is 9.90 Å². The summed E-state index contributed by atoms with van der Waals surface area (Å²) in [6, 6.07) is 1.85. The maximum absolute atomic E-state index is 10.5. The summed E-state index contributed by atoms with van der Waals surface area (Å²) in [5, 5.41) is 10.5. The number of rotatable bonds is 2. The third kappa shape index (κ3) is 1.50. The van der Waals surface area contributed by atoms with E-state index in [1.807, 2.05) is 11.4 Å². The first-order chi connectivity index (χ1) is 6.27. The largest absolute Gasteiger partial charge is 0.481 e. The van der Waals surface area contributed by atoms with Crippen molar-refractivity contribution in [1.82, 2.24) is 9.97 Å². The van der Waals surface area contributed by atoms with Crippen LogP contribution in [0.15, 0.2) is 17.8 Å². The molecule has 0 atom stereocenters. The van der Waals surface area contributed by atoms with Gasteiger partial charge >= 0.3 is 5.97 Å². The van der Waals surface area contributed by atoms with E-state index in [9.17, 15) is 4.79 Å². The Morgan fingerprint density at radius 3 is 3.15 bits per heavy atom. The van der Waals surface area contributed by atoms with Crippen LogP contribution < -0.4 is 0 Å². The Bertz CT molecular complexity index is 452. The van der Waals surface area contributed by atoms with Crippen LogP contribution in [0.2, 0.25) is 0 Å². The number of hydrogen-bond donors (Lipinski definition) is 1. The molecule has 5 heteroatoms. The number of fused-ring (bicyclic) bond motifs is 1. The van der Waals surface area contributed by atoms with Crippen LogP contribution in [0.1, 0.15) is 5.69 Å². The second kappa shape index (κ2) is 3.10. The van der Waals surface area contributed by atoms with Gasteiger partial charge in [-0.15, -0.1) is 11.3 Å². The lowest BCUT2D eigenvalue weighted by molar-refractivity contribution is -0.136. The summed E-state index contributed by atoms with van der Waals surface area (Å²) in [6.45, 7) is 0. The van der Waals surface area contributed by atoms with Gasteiger partial charge in [-0.2, -0.15) is 0 Å². The number of carboxylic acid groups (broad SMARTS) is 1. The fraction of sp³-hybridized carbons (Fsp3) is 0.125. The molecule has 13 heavy (non-hydrogen) atoms. The van der Waals surface area contributed by atoms with Crippen LogP contribution in [0.25, 0.3) is 10.2 Å². The smallest absolute Gasteiger partial charge is 0.309 e. The molecule has 2 rings (SSSR count). The fourth-order valence-electron chi connectivity index (χ4n) is 1.11. The minimum Gasteiger partial charge on any atom is -0.481 e. The van der Waals surface area contributed by atoms with Crippen LogP contribution in [-0.4, -0.2) is 21.0 Å². The summed E-state index contributed by atoms with van der Waals surface area (Å²) in [7, 11) is 0. The highest BCUT2D eigenvalue weighted by Crippen LogP contribution is 2.21. The van der Waals surface area contributed by atoms with Crippen molar-refractivity contribution >= 4 is 27.5 Å². The lowest BCUT2D eigenvalue weighted by Gasteiger charge is -1.96. The molecule has 0 unspecified atom stereocenters. The summed E-state index contributed by atoms with van der Waals surface area (Å²) in [4.78, 5) is 18.4. The summed E-state index contributed by atoms with van der Waals surface area (Å²) < 4.78 is 0.866. The van der Waals surface area contributed by atoms with Gasteiger partial charge in [0.2, 0.25) is 0 Å². The van der Waals surface area contributed by atoms with Crippen molar-refractivity contribution in [2.24, 2.45) is 0 Å². The van der Waals surface area contributed by atoms with Gasteiger partial charge in [0.05, 0.1) is 22.3 Å². The summed E-state index contributed by atoms with van der Waals surface area (Å²) >= 11 is 1.47. The number of aliphatic carboxylic acids is 1. The van der Waals surface area contributed by atoms with Crippen molar-refractivity contribution in [3.05, 3.63) is 23.5 Å². The summed E-state index contributed by atoms with van der Waals surface area (Å²) in [5.74, 6) is -0.867. The molecule has 2 aromatic rings. The maximum atomic E-state index is 10.5. The highest BCUT2D eigenvalue weighted by atomic mass is 32.1. The second-order valence-electron chi connectivity index (χ2n) is 2.53. The molecule has 0 fully saturated rings. The second-order valence-corrected chi connectivity index (χ2v) is 3.44. The average Bonchev–Trinajstić information content (AvgIpc) is 2.51. The van der Waals surface area contributed by atoms with Gasteiger partial charge in [-0.1, -0.05) is 0 Å².